The number of benzene rings is 1. The second-order valence-corrected chi connectivity index (χ2v) is 8.37. The Morgan fingerprint density at radius 1 is 1.13 bits per heavy atom. The Bertz CT molecular complexity index is 1030. The minimum absolute atomic E-state index is 0.125. The summed E-state index contributed by atoms with van der Waals surface area (Å²) in [6, 6.07) is 9.51. The molecule has 3 aliphatic rings. The van der Waals surface area contributed by atoms with Gasteiger partial charge < -0.3 is 10.2 Å². The van der Waals surface area contributed by atoms with Gasteiger partial charge in [-0.15, -0.1) is 0 Å². The number of imide groups is 1. The molecule has 160 valence electrons. The zero-order valence-corrected chi connectivity index (χ0v) is 17.2. The maximum atomic E-state index is 13.0. The molecule has 3 aliphatic heterocycles. The minimum atomic E-state index is -0.584. The first-order chi connectivity index (χ1) is 15.1. The van der Waals surface area contributed by atoms with Crippen LogP contribution >= 0.6 is 0 Å². The smallest absolute Gasteiger partial charge is 0.255 e. The third kappa shape index (κ3) is 3.84. The Morgan fingerprint density at radius 2 is 2.03 bits per heavy atom. The molecule has 2 fully saturated rings. The molecule has 5 rings (SSSR count). The summed E-state index contributed by atoms with van der Waals surface area (Å²) in [4.78, 5) is 45.1. The van der Waals surface area contributed by atoms with E-state index < -0.39 is 6.04 Å². The number of nitrogens with one attached hydrogen (secondary N) is 2. The van der Waals surface area contributed by atoms with Gasteiger partial charge in [0.1, 0.15) is 6.04 Å². The fraction of sp³-hybridized carbons (Fsp3) is 0.391. The standard InChI is InChI=1S/C23H25N5O3/c29-21-7-6-20(22(30)26-21)28-13-18-16(3-1-5-17(18)23(28)31)12-27-10-9-25-19(14-27)15-4-2-8-24-11-15/h1-5,8,11,19-20,25H,6-7,9-10,12-14H2,(H,26,29,30). The van der Waals surface area contributed by atoms with Crippen LogP contribution < -0.4 is 10.6 Å². The summed E-state index contributed by atoms with van der Waals surface area (Å²) < 4.78 is 0. The molecular weight excluding hydrogens is 394 g/mol. The molecule has 4 heterocycles. The van der Waals surface area contributed by atoms with Crippen LogP contribution in [0.4, 0.5) is 0 Å². The van der Waals surface area contributed by atoms with Crippen molar-refractivity contribution in [1.82, 2.24) is 25.4 Å². The van der Waals surface area contributed by atoms with E-state index in [0.29, 0.717) is 18.5 Å². The number of pyridine rings is 1. The number of nitrogens with zero attached hydrogens (tertiary/aromatic N) is 3. The second-order valence-electron chi connectivity index (χ2n) is 8.37. The average Bonchev–Trinajstić information content (AvgIpc) is 3.12. The molecule has 8 heteroatoms. The van der Waals surface area contributed by atoms with Crippen molar-refractivity contribution in [2.75, 3.05) is 19.6 Å². The van der Waals surface area contributed by atoms with Crippen LogP contribution in [-0.2, 0) is 22.7 Å². The van der Waals surface area contributed by atoms with Crippen molar-refractivity contribution >= 4 is 17.7 Å². The molecule has 0 bridgehead atoms. The number of piperazine rings is 1. The zero-order valence-electron chi connectivity index (χ0n) is 17.2. The van der Waals surface area contributed by atoms with Gasteiger partial charge in [-0.05, 0) is 35.2 Å². The molecule has 1 aromatic carbocycles. The largest absolute Gasteiger partial charge is 0.322 e. The lowest BCUT2D eigenvalue weighted by Crippen LogP contribution is -2.52. The van der Waals surface area contributed by atoms with Gasteiger partial charge in [0.25, 0.3) is 5.91 Å². The Kier molecular flexibility index (Phi) is 5.25. The van der Waals surface area contributed by atoms with E-state index in [-0.39, 0.29) is 30.2 Å². The molecule has 2 N–H and O–H groups in total. The maximum Gasteiger partial charge on any atom is 0.255 e. The first-order valence-corrected chi connectivity index (χ1v) is 10.7. The fourth-order valence-corrected chi connectivity index (χ4v) is 4.80. The number of amides is 3. The molecule has 2 saturated heterocycles. The van der Waals surface area contributed by atoms with Crippen LogP contribution in [0.5, 0.6) is 0 Å². The summed E-state index contributed by atoms with van der Waals surface area (Å²) in [7, 11) is 0. The van der Waals surface area contributed by atoms with Gasteiger partial charge >= 0.3 is 0 Å². The number of hydrogen-bond donors (Lipinski definition) is 2. The number of rotatable bonds is 4. The summed E-state index contributed by atoms with van der Waals surface area (Å²) in [5.74, 6) is -0.770. The number of fused-ring (bicyclic) bond motifs is 1. The SMILES string of the molecule is O=C1CCC(N2Cc3c(CN4CCNC(c5cccnc5)C4)cccc3C2=O)C(=O)N1. The topological polar surface area (TPSA) is 94.6 Å². The van der Waals surface area contributed by atoms with Gasteiger partial charge in [0, 0.05) is 63.1 Å². The molecule has 3 amide bonds. The van der Waals surface area contributed by atoms with Crippen LogP contribution in [0, 0.1) is 0 Å². The zero-order chi connectivity index (χ0) is 21.4. The lowest BCUT2D eigenvalue weighted by Gasteiger charge is -2.34. The first kappa shape index (κ1) is 19.8. The molecule has 0 radical (unpaired) electrons. The fourth-order valence-electron chi connectivity index (χ4n) is 4.80. The van der Waals surface area contributed by atoms with Crippen LogP contribution in [-0.4, -0.2) is 58.2 Å². The summed E-state index contributed by atoms with van der Waals surface area (Å²) in [5.41, 5.74) is 3.95. The van der Waals surface area contributed by atoms with Gasteiger partial charge in [-0.3, -0.25) is 29.6 Å². The third-order valence-corrected chi connectivity index (χ3v) is 6.42. The number of hydrogen-bond acceptors (Lipinski definition) is 6. The van der Waals surface area contributed by atoms with Crippen molar-refractivity contribution in [3.63, 3.8) is 0 Å². The maximum absolute atomic E-state index is 13.0. The molecule has 2 atom stereocenters. The summed E-state index contributed by atoms with van der Waals surface area (Å²) >= 11 is 0. The van der Waals surface area contributed by atoms with Crippen molar-refractivity contribution in [3.05, 3.63) is 65.0 Å². The van der Waals surface area contributed by atoms with Crippen LogP contribution in [0.15, 0.2) is 42.7 Å². The third-order valence-electron chi connectivity index (χ3n) is 6.42. The normalized spacial score (nSPS) is 24.3. The van der Waals surface area contributed by atoms with Crippen LogP contribution in [0.25, 0.3) is 0 Å². The molecule has 8 nitrogen and oxygen atoms in total. The Hall–Kier alpha value is -3.10. The van der Waals surface area contributed by atoms with Crippen molar-refractivity contribution in [2.24, 2.45) is 0 Å². The van der Waals surface area contributed by atoms with Gasteiger partial charge in [-0.25, -0.2) is 0 Å². The monoisotopic (exact) mass is 419 g/mol. The van der Waals surface area contributed by atoms with Gasteiger partial charge in [-0.1, -0.05) is 18.2 Å². The van der Waals surface area contributed by atoms with Crippen molar-refractivity contribution < 1.29 is 14.4 Å². The van der Waals surface area contributed by atoms with Crippen LogP contribution in [0.2, 0.25) is 0 Å². The average molecular weight is 419 g/mol. The van der Waals surface area contributed by atoms with E-state index in [2.05, 4.69) is 32.7 Å². The molecule has 2 aromatic rings. The molecule has 31 heavy (non-hydrogen) atoms. The van der Waals surface area contributed by atoms with Gasteiger partial charge in [-0.2, -0.15) is 0 Å². The van der Waals surface area contributed by atoms with Crippen molar-refractivity contribution in [2.45, 2.75) is 38.0 Å². The molecule has 0 saturated carbocycles. The molecule has 0 aliphatic carbocycles. The minimum Gasteiger partial charge on any atom is -0.322 e. The summed E-state index contributed by atoms with van der Waals surface area (Å²) in [6.07, 6.45) is 4.32. The quantitative estimate of drug-likeness (QED) is 0.718. The predicted octanol–water partition coefficient (Wildman–Crippen LogP) is 0.989. The number of carbonyl (C=O) groups excluding carboxylic acids is 3. The van der Waals surface area contributed by atoms with Crippen LogP contribution in [0.3, 0.4) is 0 Å². The number of aromatic nitrogens is 1. The van der Waals surface area contributed by atoms with E-state index in [0.717, 1.165) is 37.3 Å². The van der Waals surface area contributed by atoms with Crippen molar-refractivity contribution in [3.8, 4) is 0 Å². The van der Waals surface area contributed by atoms with Crippen LogP contribution in [0.1, 0.15) is 45.9 Å². The highest BCUT2D eigenvalue weighted by molar-refractivity contribution is 6.05. The molecule has 1 aromatic heterocycles. The molecule has 2 unspecified atom stereocenters. The highest BCUT2D eigenvalue weighted by Crippen LogP contribution is 2.31. The Morgan fingerprint density at radius 3 is 2.84 bits per heavy atom. The van der Waals surface area contributed by atoms with Crippen molar-refractivity contribution in [1.29, 1.82) is 0 Å². The van der Waals surface area contributed by atoms with E-state index in [1.54, 1.807) is 11.1 Å². The van der Waals surface area contributed by atoms with E-state index in [9.17, 15) is 14.4 Å². The lowest BCUT2D eigenvalue weighted by molar-refractivity contribution is -0.136. The van der Waals surface area contributed by atoms with Gasteiger partial charge in [0.2, 0.25) is 11.8 Å². The highest BCUT2D eigenvalue weighted by Gasteiger charge is 2.39. The Labute approximate surface area is 180 Å². The van der Waals surface area contributed by atoms with Gasteiger partial charge in [0.15, 0.2) is 0 Å². The summed E-state index contributed by atoms with van der Waals surface area (Å²) in [5, 5.41) is 5.92. The van der Waals surface area contributed by atoms with E-state index in [1.165, 1.54) is 5.56 Å². The lowest BCUT2D eigenvalue weighted by atomic mass is 10.0. The highest BCUT2D eigenvalue weighted by atomic mass is 16.2. The predicted molar refractivity (Wildman–Crippen MR) is 113 cm³/mol. The molecule has 0 spiro atoms. The van der Waals surface area contributed by atoms with E-state index >= 15 is 0 Å². The second kappa shape index (κ2) is 8.20. The number of piperidine rings is 1. The number of carbonyl (C=O) groups is 3. The Balaban J connectivity index is 1.33. The first-order valence-electron chi connectivity index (χ1n) is 10.7. The van der Waals surface area contributed by atoms with E-state index in [1.807, 2.05) is 24.4 Å². The van der Waals surface area contributed by atoms with Gasteiger partial charge in [0.05, 0.1) is 0 Å². The van der Waals surface area contributed by atoms with E-state index in [4.69, 9.17) is 0 Å². The molecular formula is C23H25N5O3. The summed E-state index contributed by atoms with van der Waals surface area (Å²) in [6.45, 7) is 3.83.